The van der Waals surface area contributed by atoms with Crippen molar-refractivity contribution in [2.24, 2.45) is 0 Å². The average Bonchev–Trinajstić information content (AvgIpc) is 2.37. The molecule has 1 heterocycles. The lowest BCUT2D eigenvalue weighted by molar-refractivity contribution is -0.139. The van der Waals surface area contributed by atoms with Crippen molar-refractivity contribution < 1.29 is 19.1 Å². The van der Waals surface area contributed by atoms with Crippen molar-refractivity contribution in [3.8, 4) is 5.75 Å². The maximum atomic E-state index is 11.7. The van der Waals surface area contributed by atoms with E-state index in [4.69, 9.17) is 14.3 Å². The number of rotatable bonds is 5. The number of carboxylic acids is 1. The standard InChI is InChI=1S/C14H14O5/c1-2-3-10-6-9-4-5-11(18-8-13(15)16)7-12(9)19-14(10)17/h4-7H,2-3,8H2,1H3,(H,15,16). The van der Waals surface area contributed by atoms with Gasteiger partial charge in [-0.3, -0.25) is 0 Å². The number of carboxylic acid groups (broad SMARTS) is 1. The summed E-state index contributed by atoms with van der Waals surface area (Å²) in [7, 11) is 0. The quantitative estimate of drug-likeness (QED) is 0.836. The third-order valence-corrected chi connectivity index (χ3v) is 2.66. The molecule has 19 heavy (non-hydrogen) atoms. The zero-order valence-corrected chi connectivity index (χ0v) is 10.5. The molecule has 0 bridgehead atoms. The number of ether oxygens (including phenoxy) is 1. The second-order valence-corrected chi connectivity index (χ2v) is 4.19. The van der Waals surface area contributed by atoms with E-state index in [0.717, 1.165) is 11.8 Å². The molecule has 0 radical (unpaired) electrons. The van der Waals surface area contributed by atoms with E-state index in [1.807, 2.05) is 6.92 Å². The fourth-order valence-electron chi connectivity index (χ4n) is 1.81. The Morgan fingerprint density at radius 3 is 2.84 bits per heavy atom. The molecule has 0 spiro atoms. The van der Waals surface area contributed by atoms with E-state index < -0.39 is 12.6 Å². The SMILES string of the molecule is CCCc1cc2ccc(OCC(=O)O)cc2oc1=O. The lowest BCUT2D eigenvalue weighted by Crippen LogP contribution is -2.09. The van der Waals surface area contributed by atoms with E-state index in [2.05, 4.69) is 0 Å². The minimum atomic E-state index is -1.06. The summed E-state index contributed by atoms with van der Waals surface area (Å²) in [6.45, 7) is 1.57. The number of hydrogen-bond acceptors (Lipinski definition) is 4. The first-order valence-electron chi connectivity index (χ1n) is 6.01. The van der Waals surface area contributed by atoms with E-state index in [1.165, 1.54) is 6.07 Å². The van der Waals surface area contributed by atoms with Gasteiger partial charge in [0.05, 0.1) is 0 Å². The smallest absolute Gasteiger partial charge is 0.341 e. The summed E-state index contributed by atoms with van der Waals surface area (Å²) >= 11 is 0. The Balaban J connectivity index is 2.35. The van der Waals surface area contributed by atoms with E-state index >= 15 is 0 Å². The Hall–Kier alpha value is -2.30. The normalized spacial score (nSPS) is 10.6. The van der Waals surface area contributed by atoms with Gasteiger partial charge < -0.3 is 14.3 Å². The van der Waals surface area contributed by atoms with Crippen LogP contribution in [0.2, 0.25) is 0 Å². The van der Waals surface area contributed by atoms with Crippen molar-refractivity contribution in [3.05, 3.63) is 40.2 Å². The first-order valence-corrected chi connectivity index (χ1v) is 6.01. The van der Waals surface area contributed by atoms with Crippen molar-refractivity contribution in [1.82, 2.24) is 0 Å². The summed E-state index contributed by atoms with van der Waals surface area (Å²) in [6.07, 6.45) is 1.55. The molecule has 0 aliphatic carbocycles. The molecule has 100 valence electrons. The highest BCUT2D eigenvalue weighted by Gasteiger charge is 2.06. The number of carbonyl (C=O) groups is 1. The first-order chi connectivity index (χ1) is 9.10. The number of hydrogen-bond donors (Lipinski definition) is 1. The van der Waals surface area contributed by atoms with Crippen LogP contribution in [0, 0.1) is 0 Å². The van der Waals surface area contributed by atoms with Gasteiger partial charge in [-0.15, -0.1) is 0 Å². The molecule has 0 unspecified atom stereocenters. The van der Waals surface area contributed by atoms with Crippen LogP contribution in [0.5, 0.6) is 5.75 Å². The van der Waals surface area contributed by atoms with Crippen LogP contribution in [0.3, 0.4) is 0 Å². The van der Waals surface area contributed by atoms with Crippen molar-refractivity contribution in [3.63, 3.8) is 0 Å². The zero-order valence-electron chi connectivity index (χ0n) is 10.5. The maximum Gasteiger partial charge on any atom is 0.341 e. The highest BCUT2D eigenvalue weighted by atomic mass is 16.5. The van der Waals surface area contributed by atoms with Gasteiger partial charge in [0, 0.05) is 17.0 Å². The van der Waals surface area contributed by atoms with Gasteiger partial charge in [0.15, 0.2) is 6.61 Å². The summed E-state index contributed by atoms with van der Waals surface area (Å²) in [5, 5.41) is 9.33. The van der Waals surface area contributed by atoms with Crippen LogP contribution in [-0.2, 0) is 11.2 Å². The highest BCUT2D eigenvalue weighted by Crippen LogP contribution is 2.20. The molecule has 1 aromatic heterocycles. The molecule has 0 atom stereocenters. The molecule has 5 nitrogen and oxygen atoms in total. The van der Waals surface area contributed by atoms with Gasteiger partial charge in [-0.1, -0.05) is 13.3 Å². The fourth-order valence-corrected chi connectivity index (χ4v) is 1.81. The maximum absolute atomic E-state index is 11.7. The van der Waals surface area contributed by atoms with Gasteiger partial charge in [-0.2, -0.15) is 0 Å². The lowest BCUT2D eigenvalue weighted by Gasteiger charge is -2.05. The first kappa shape index (κ1) is 13.1. The van der Waals surface area contributed by atoms with E-state index in [0.29, 0.717) is 23.3 Å². The molecular weight excluding hydrogens is 248 g/mol. The Morgan fingerprint density at radius 1 is 1.37 bits per heavy atom. The van der Waals surface area contributed by atoms with Gasteiger partial charge in [0.25, 0.3) is 0 Å². The van der Waals surface area contributed by atoms with Crippen LogP contribution in [0.15, 0.2) is 33.5 Å². The topological polar surface area (TPSA) is 76.7 Å². The number of aryl methyl sites for hydroxylation is 1. The van der Waals surface area contributed by atoms with Crippen LogP contribution < -0.4 is 10.4 Å². The molecule has 0 saturated carbocycles. The molecule has 0 saturated heterocycles. The second kappa shape index (κ2) is 5.56. The number of fused-ring (bicyclic) bond motifs is 1. The fraction of sp³-hybridized carbons (Fsp3) is 0.286. The van der Waals surface area contributed by atoms with Crippen LogP contribution >= 0.6 is 0 Å². The lowest BCUT2D eigenvalue weighted by atomic mass is 10.1. The molecule has 2 rings (SSSR count). The van der Waals surface area contributed by atoms with Gasteiger partial charge in [-0.05, 0) is 24.6 Å². The van der Waals surface area contributed by atoms with Crippen molar-refractivity contribution in [1.29, 1.82) is 0 Å². The molecule has 1 N–H and O–H groups in total. The Morgan fingerprint density at radius 2 is 2.16 bits per heavy atom. The predicted octanol–water partition coefficient (Wildman–Crippen LogP) is 2.21. The van der Waals surface area contributed by atoms with Crippen LogP contribution in [0.25, 0.3) is 11.0 Å². The number of aliphatic carboxylic acids is 1. The van der Waals surface area contributed by atoms with Gasteiger partial charge >= 0.3 is 11.6 Å². The molecule has 2 aromatic rings. The summed E-state index contributed by atoms with van der Waals surface area (Å²) in [6, 6.07) is 6.72. The molecular formula is C14H14O5. The third-order valence-electron chi connectivity index (χ3n) is 2.66. The van der Waals surface area contributed by atoms with Gasteiger partial charge in [0.2, 0.25) is 0 Å². The molecule has 0 fully saturated rings. The third kappa shape index (κ3) is 3.13. The predicted molar refractivity (Wildman–Crippen MR) is 69.6 cm³/mol. The second-order valence-electron chi connectivity index (χ2n) is 4.19. The van der Waals surface area contributed by atoms with E-state index in [1.54, 1.807) is 18.2 Å². The summed E-state index contributed by atoms with van der Waals surface area (Å²) in [5.41, 5.74) is 0.687. The van der Waals surface area contributed by atoms with Crippen LogP contribution in [0.1, 0.15) is 18.9 Å². The van der Waals surface area contributed by atoms with Crippen LogP contribution in [-0.4, -0.2) is 17.7 Å². The zero-order chi connectivity index (χ0) is 13.8. The molecule has 0 aliphatic rings. The summed E-state index contributed by atoms with van der Waals surface area (Å²) in [4.78, 5) is 22.1. The van der Waals surface area contributed by atoms with Crippen molar-refractivity contribution in [2.75, 3.05) is 6.61 Å². The largest absolute Gasteiger partial charge is 0.482 e. The number of benzene rings is 1. The van der Waals surface area contributed by atoms with Gasteiger partial charge in [-0.25, -0.2) is 9.59 Å². The monoisotopic (exact) mass is 262 g/mol. The molecule has 5 heteroatoms. The molecule has 0 aliphatic heterocycles. The van der Waals surface area contributed by atoms with Crippen LogP contribution in [0.4, 0.5) is 0 Å². The molecule has 0 amide bonds. The van der Waals surface area contributed by atoms with Crippen molar-refractivity contribution in [2.45, 2.75) is 19.8 Å². The Bertz CT molecular complexity index is 656. The van der Waals surface area contributed by atoms with Crippen molar-refractivity contribution >= 4 is 16.9 Å². The average molecular weight is 262 g/mol. The minimum Gasteiger partial charge on any atom is -0.482 e. The summed E-state index contributed by atoms with van der Waals surface area (Å²) < 4.78 is 10.2. The molecule has 1 aromatic carbocycles. The minimum absolute atomic E-state index is 0.357. The van der Waals surface area contributed by atoms with E-state index in [9.17, 15) is 9.59 Å². The van der Waals surface area contributed by atoms with E-state index in [-0.39, 0.29) is 5.63 Å². The van der Waals surface area contributed by atoms with Gasteiger partial charge in [0.1, 0.15) is 11.3 Å². The summed E-state index contributed by atoms with van der Waals surface area (Å²) in [5.74, 6) is -0.693. The highest BCUT2D eigenvalue weighted by molar-refractivity contribution is 5.78. The Labute approximate surface area is 109 Å². The Kier molecular flexibility index (Phi) is 3.85.